The molecule has 1 aliphatic heterocycles. The number of benzene rings is 2. The maximum atomic E-state index is 13.8. The zero-order chi connectivity index (χ0) is 29.8. The van der Waals surface area contributed by atoms with E-state index in [1.807, 2.05) is 6.07 Å². The monoisotopic (exact) mass is 579 g/mol. The average molecular weight is 580 g/mol. The Kier molecular flexibility index (Phi) is 9.07. The summed E-state index contributed by atoms with van der Waals surface area (Å²) >= 11 is 1.18. The number of aromatic nitrogens is 1. The van der Waals surface area contributed by atoms with E-state index in [0.29, 0.717) is 50.2 Å². The first-order chi connectivity index (χ1) is 19.5. The van der Waals surface area contributed by atoms with Gasteiger partial charge < -0.3 is 14.2 Å². The molecule has 1 aromatic heterocycles. The lowest BCUT2D eigenvalue weighted by atomic mass is 9.95. The molecule has 2 aromatic carbocycles. The number of methoxy groups -OCH3 is 1. The molecule has 0 saturated carbocycles. The van der Waals surface area contributed by atoms with Gasteiger partial charge in [0.2, 0.25) is 0 Å². The van der Waals surface area contributed by atoms with E-state index in [2.05, 4.69) is 18.8 Å². The second kappa shape index (κ2) is 12.5. The van der Waals surface area contributed by atoms with E-state index in [0.717, 1.165) is 6.42 Å². The van der Waals surface area contributed by atoms with Crippen LogP contribution in [0.25, 0.3) is 6.08 Å². The molecule has 4 rings (SSSR count). The number of non-ortho nitro benzene ring substituents is 1. The lowest BCUT2D eigenvalue weighted by Gasteiger charge is -2.26. The molecule has 11 heteroatoms. The van der Waals surface area contributed by atoms with Crippen molar-refractivity contribution in [3.05, 3.63) is 94.7 Å². The number of carbonyl (C=O) groups is 1. The predicted molar refractivity (Wildman–Crippen MR) is 156 cm³/mol. The molecule has 3 aromatic rings. The second-order valence-corrected chi connectivity index (χ2v) is 11.3. The summed E-state index contributed by atoms with van der Waals surface area (Å²) in [5.74, 6) is 0.960. The van der Waals surface area contributed by atoms with E-state index in [9.17, 15) is 19.7 Å². The molecule has 0 amide bonds. The van der Waals surface area contributed by atoms with Crippen LogP contribution in [0, 0.1) is 16.0 Å². The summed E-state index contributed by atoms with van der Waals surface area (Å²) < 4.78 is 19.0. The van der Waals surface area contributed by atoms with E-state index >= 15 is 0 Å². The lowest BCUT2D eigenvalue weighted by Crippen LogP contribution is -2.40. The van der Waals surface area contributed by atoms with Gasteiger partial charge >= 0.3 is 5.97 Å². The van der Waals surface area contributed by atoms with Gasteiger partial charge in [0.25, 0.3) is 11.2 Å². The van der Waals surface area contributed by atoms with Gasteiger partial charge in [-0.15, -0.1) is 0 Å². The SMILES string of the molecule is COc1cc(C2C(C(=O)OC(C)C)=C(C)N=c3sc(=Cc4ccc([N+](=O)[O-])cc4)c(=O)n32)ccc1OCCC(C)C. The fraction of sp³-hybridized carbons (Fsp3) is 0.367. The molecule has 0 spiro atoms. The first-order valence-corrected chi connectivity index (χ1v) is 14.1. The molecule has 1 unspecified atom stereocenters. The lowest BCUT2D eigenvalue weighted by molar-refractivity contribution is -0.384. The minimum atomic E-state index is -0.824. The summed E-state index contributed by atoms with van der Waals surface area (Å²) in [6.45, 7) is 10.00. The Bertz CT molecular complexity index is 1670. The van der Waals surface area contributed by atoms with Crippen molar-refractivity contribution in [2.75, 3.05) is 13.7 Å². The van der Waals surface area contributed by atoms with Crippen LogP contribution < -0.4 is 24.4 Å². The summed E-state index contributed by atoms with van der Waals surface area (Å²) in [5.41, 5.74) is 1.56. The molecule has 0 bridgehead atoms. The standard InChI is InChI=1S/C30H33N3O7S/c1-17(2)13-14-39-23-12-9-21(16-24(23)38-6)27-26(29(35)40-18(3)4)19(5)31-30-32(27)28(34)25(41-30)15-20-7-10-22(11-8-20)33(36)37/h7-12,15-18,27H,13-14H2,1-6H3. The van der Waals surface area contributed by atoms with Gasteiger partial charge in [0.15, 0.2) is 16.3 Å². The zero-order valence-corrected chi connectivity index (χ0v) is 24.7. The van der Waals surface area contributed by atoms with Gasteiger partial charge in [0.1, 0.15) is 0 Å². The highest BCUT2D eigenvalue weighted by molar-refractivity contribution is 7.07. The molecule has 0 saturated heterocycles. The molecule has 41 heavy (non-hydrogen) atoms. The first-order valence-electron chi connectivity index (χ1n) is 13.3. The molecule has 0 radical (unpaired) electrons. The number of rotatable bonds is 10. The summed E-state index contributed by atoms with van der Waals surface area (Å²) in [5, 5.41) is 11.0. The molecule has 10 nitrogen and oxygen atoms in total. The van der Waals surface area contributed by atoms with Crippen molar-refractivity contribution >= 4 is 29.1 Å². The van der Waals surface area contributed by atoms with Gasteiger partial charge in [-0.25, -0.2) is 9.79 Å². The summed E-state index contributed by atoms with van der Waals surface area (Å²) in [6, 6.07) is 10.5. The quantitative estimate of drug-likeness (QED) is 0.197. The largest absolute Gasteiger partial charge is 0.493 e. The van der Waals surface area contributed by atoms with Gasteiger partial charge in [-0.1, -0.05) is 31.3 Å². The number of esters is 1. The Morgan fingerprint density at radius 1 is 1.15 bits per heavy atom. The Hall–Kier alpha value is -4.25. The zero-order valence-electron chi connectivity index (χ0n) is 23.9. The number of allylic oxidation sites excluding steroid dienone is 1. The van der Waals surface area contributed by atoms with Crippen molar-refractivity contribution < 1.29 is 23.9 Å². The van der Waals surface area contributed by atoms with E-state index < -0.39 is 16.9 Å². The number of fused-ring (bicyclic) bond motifs is 1. The number of nitrogens with zero attached hydrogens (tertiary/aromatic N) is 3. The van der Waals surface area contributed by atoms with E-state index in [1.54, 1.807) is 58.2 Å². The van der Waals surface area contributed by atoms with Crippen molar-refractivity contribution in [1.29, 1.82) is 0 Å². The average Bonchev–Trinajstić information content (AvgIpc) is 3.21. The number of thiazole rings is 1. The van der Waals surface area contributed by atoms with Crippen molar-refractivity contribution in [2.45, 2.75) is 53.2 Å². The summed E-state index contributed by atoms with van der Waals surface area (Å²) in [7, 11) is 1.54. The molecule has 2 heterocycles. The highest BCUT2D eigenvalue weighted by Crippen LogP contribution is 2.36. The van der Waals surface area contributed by atoms with Crippen molar-refractivity contribution in [3.8, 4) is 11.5 Å². The van der Waals surface area contributed by atoms with Gasteiger partial charge in [0, 0.05) is 12.1 Å². The highest BCUT2D eigenvalue weighted by Gasteiger charge is 2.34. The van der Waals surface area contributed by atoms with Crippen LogP contribution in [0.5, 0.6) is 11.5 Å². The van der Waals surface area contributed by atoms with Gasteiger partial charge in [-0.2, -0.15) is 0 Å². The van der Waals surface area contributed by atoms with E-state index in [1.165, 1.54) is 28.0 Å². The first kappa shape index (κ1) is 29.7. The van der Waals surface area contributed by atoms with Crippen molar-refractivity contribution in [2.24, 2.45) is 10.9 Å². The number of nitro groups is 1. The van der Waals surface area contributed by atoms with E-state index in [-0.39, 0.29) is 22.9 Å². The topological polar surface area (TPSA) is 122 Å². The summed E-state index contributed by atoms with van der Waals surface area (Å²) in [4.78, 5) is 42.8. The maximum Gasteiger partial charge on any atom is 0.338 e. The van der Waals surface area contributed by atoms with Crippen LogP contribution in [0.15, 0.2) is 63.5 Å². The molecular weight excluding hydrogens is 546 g/mol. The highest BCUT2D eigenvalue weighted by atomic mass is 32.1. The van der Waals surface area contributed by atoms with Crippen molar-refractivity contribution in [3.63, 3.8) is 0 Å². The molecule has 0 aliphatic carbocycles. The number of carbonyl (C=O) groups excluding carboxylic acids is 1. The third kappa shape index (κ3) is 6.57. The predicted octanol–water partition coefficient (Wildman–Crippen LogP) is 4.53. The number of ether oxygens (including phenoxy) is 3. The van der Waals surface area contributed by atoms with Crippen LogP contribution >= 0.6 is 11.3 Å². The van der Waals surface area contributed by atoms with Gasteiger partial charge in [0.05, 0.1) is 46.6 Å². The molecule has 1 atom stereocenters. The number of hydrogen-bond donors (Lipinski definition) is 0. The number of nitro benzene ring substituents is 1. The Balaban J connectivity index is 1.86. The normalized spacial score (nSPS) is 15.1. The van der Waals surface area contributed by atoms with Crippen LogP contribution in [0.3, 0.4) is 0 Å². The molecular formula is C30H33N3O7S. The van der Waals surface area contributed by atoms with Crippen LogP contribution in [-0.4, -0.2) is 35.3 Å². The van der Waals surface area contributed by atoms with Gasteiger partial charge in [-0.3, -0.25) is 19.5 Å². The minimum absolute atomic E-state index is 0.0434. The fourth-order valence-corrected chi connectivity index (χ4v) is 5.44. The minimum Gasteiger partial charge on any atom is -0.493 e. The molecule has 216 valence electrons. The Labute approximate surface area is 241 Å². The third-order valence-electron chi connectivity index (χ3n) is 6.44. The smallest absolute Gasteiger partial charge is 0.338 e. The second-order valence-electron chi connectivity index (χ2n) is 10.3. The Morgan fingerprint density at radius 3 is 2.46 bits per heavy atom. The van der Waals surface area contributed by atoms with Crippen LogP contribution in [0.1, 0.15) is 58.2 Å². The molecule has 0 fully saturated rings. The van der Waals surface area contributed by atoms with Crippen LogP contribution in [0.4, 0.5) is 5.69 Å². The molecule has 0 N–H and O–H groups in total. The van der Waals surface area contributed by atoms with E-state index in [4.69, 9.17) is 14.2 Å². The maximum absolute atomic E-state index is 13.8. The molecule has 1 aliphatic rings. The van der Waals surface area contributed by atoms with Crippen LogP contribution in [-0.2, 0) is 9.53 Å². The van der Waals surface area contributed by atoms with Crippen LogP contribution in [0.2, 0.25) is 0 Å². The fourth-order valence-electron chi connectivity index (χ4n) is 4.40. The van der Waals surface area contributed by atoms with Gasteiger partial charge in [-0.05, 0) is 74.6 Å². The third-order valence-corrected chi connectivity index (χ3v) is 7.43. The summed E-state index contributed by atoms with van der Waals surface area (Å²) in [6.07, 6.45) is 2.16. The number of hydrogen-bond acceptors (Lipinski definition) is 9. The van der Waals surface area contributed by atoms with Crippen molar-refractivity contribution in [1.82, 2.24) is 4.57 Å². The Morgan fingerprint density at radius 2 is 1.85 bits per heavy atom.